The highest BCUT2D eigenvalue weighted by Crippen LogP contribution is 2.56. The second-order valence-electron chi connectivity index (χ2n) is 22.4. The summed E-state index contributed by atoms with van der Waals surface area (Å²) >= 11 is 0. The van der Waals surface area contributed by atoms with Gasteiger partial charge in [0.25, 0.3) is 0 Å². The number of benzene rings is 11. The molecule has 3 heterocycles. The SMILES string of the molecule is CC(C)(C)c1cccc2c1oc1c(N(c3cccc(-c4ccccc4)c3)c3c4ccccc4c(N(c4cccc(-c5ccccc5)c4)c4cccc5c4oc4c(C(C)(C)C)cccc45)c4c3oc3ccccc34)cccc12. The molecular weight excluding hydrogens is 941 g/mol. The molecule has 0 radical (unpaired) electrons. The normalized spacial score (nSPS) is 12.3. The average Bonchev–Trinajstić information content (AvgIpc) is 4.40. The molecule has 372 valence electrons. The minimum atomic E-state index is -0.155. The zero-order valence-corrected chi connectivity index (χ0v) is 44.1. The Labute approximate surface area is 447 Å². The number of hydrogen-bond donors (Lipinski definition) is 0. The van der Waals surface area contributed by atoms with E-state index in [2.05, 4.69) is 282 Å². The summed E-state index contributed by atoms with van der Waals surface area (Å²) in [6, 6.07) is 82.6. The zero-order valence-electron chi connectivity index (χ0n) is 44.1. The maximum Gasteiger partial charge on any atom is 0.162 e. The third kappa shape index (κ3) is 7.51. The van der Waals surface area contributed by atoms with Gasteiger partial charge in [0.1, 0.15) is 16.7 Å². The number of fused-ring (bicyclic) bond motifs is 10. The van der Waals surface area contributed by atoms with E-state index >= 15 is 0 Å². The Morgan fingerprint density at radius 1 is 0.286 bits per heavy atom. The van der Waals surface area contributed by atoms with E-state index in [-0.39, 0.29) is 10.8 Å². The highest BCUT2D eigenvalue weighted by atomic mass is 16.3. The fourth-order valence-corrected chi connectivity index (χ4v) is 11.9. The van der Waals surface area contributed by atoms with Crippen LogP contribution >= 0.6 is 0 Å². The van der Waals surface area contributed by atoms with Crippen LogP contribution in [0.2, 0.25) is 0 Å². The lowest BCUT2D eigenvalue weighted by Gasteiger charge is -2.31. The lowest BCUT2D eigenvalue weighted by atomic mass is 9.86. The van der Waals surface area contributed by atoms with E-state index in [1.165, 1.54) is 5.56 Å². The Morgan fingerprint density at radius 2 is 0.662 bits per heavy atom. The van der Waals surface area contributed by atoms with Crippen molar-refractivity contribution in [3.63, 3.8) is 0 Å². The molecule has 0 bridgehead atoms. The van der Waals surface area contributed by atoms with Gasteiger partial charge < -0.3 is 23.1 Å². The average molecular weight is 997 g/mol. The number of furan rings is 3. The molecule has 77 heavy (non-hydrogen) atoms. The second kappa shape index (κ2) is 17.6. The summed E-state index contributed by atoms with van der Waals surface area (Å²) in [5.41, 5.74) is 17.1. The van der Waals surface area contributed by atoms with Gasteiger partial charge in [0.15, 0.2) is 16.7 Å². The van der Waals surface area contributed by atoms with Crippen LogP contribution in [0, 0.1) is 0 Å². The van der Waals surface area contributed by atoms with Crippen molar-refractivity contribution in [3.05, 3.63) is 242 Å². The molecule has 0 atom stereocenters. The Hall–Kier alpha value is -9.32. The Morgan fingerprint density at radius 3 is 1.16 bits per heavy atom. The molecule has 0 aliphatic heterocycles. The quantitative estimate of drug-likeness (QED) is 0.142. The monoisotopic (exact) mass is 996 g/mol. The van der Waals surface area contributed by atoms with Crippen LogP contribution in [0.5, 0.6) is 0 Å². The summed E-state index contributed by atoms with van der Waals surface area (Å²) in [6.45, 7) is 13.5. The van der Waals surface area contributed by atoms with Crippen LogP contribution in [0.25, 0.3) is 98.8 Å². The minimum absolute atomic E-state index is 0.154. The third-order valence-electron chi connectivity index (χ3n) is 15.5. The van der Waals surface area contributed by atoms with Crippen LogP contribution in [0.1, 0.15) is 52.7 Å². The third-order valence-corrected chi connectivity index (χ3v) is 15.5. The number of nitrogens with zero attached hydrogens (tertiary/aromatic N) is 2. The van der Waals surface area contributed by atoms with Crippen LogP contribution < -0.4 is 9.80 Å². The van der Waals surface area contributed by atoms with Gasteiger partial charge >= 0.3 is 0 Å². The van der Waals surface area contributed by atoms with Crippen molar-refractivity contribution in [2.75, 3.05) is 9.80 Å². The van der Waals surface area contributed by atoms with Crippen molar-refractivity contribution in [3.8, 4) is 22.3 Å². The first-order valence-electron chi connectivity index (χ1n) is 26.7. The summed E-state index contributed by atoms with van der Waals surface area (Å²) in [7, 11) is 0. The van der Waals surface area contributed by atoms with Crippen LogP contribution in [-0.4, -0.2) is 0 Å². The molecule has 0 spiro atoms. The molecule has 0 fully saturated rings. The zero-order chi connectivity index (χ0) is 52.2. The molecule has 0 unspecified atom stereocenters. The predicted octanol–water partition coefficient (Wildman–Crippen LogP) is 21.4. The van der Waals surface area contributed by atoms with Crippen molar-refractivity contribution in [2.45, 2.75) is 52.4 Å². The van der Waals surface area contributed by atoms with Gasteiger partial charge in [-0.2, -0.15) is 0 Å². The van der Waals surface area contributed by atoms with E-state index in [1.54, 1.807) is 0 Å². The van der Waals surface area contributed by atoms with E-state index in [1.807, 2.05) is 0 Å². The summed E-state index contributed by atoms with van der Waals surface area (Å²) in [6.07, 6.45) is 0. The topological polar surface area (TPSA) is 45.9 Å². The molecule has 0 aliphatic rings. The molecule has 5 heteroatoms. The lowest BCUT2D eigenvalue weighted by Crippen LogP contribution is -2.14. The van der Waals surface area contributed by atoms with Gasteiger partial charge in [0.2, 0.25) is 0 Å². The first kappa shape index (κ1) is 46.2. The van der Waals surface area contributed by atoms with E-state index in [0.29, 0.717) is 0 Å². The molecule has 0 saturated heterocycles. The molecule has 5 nitrogen and oxygen atoms in total. The molecule has 0 aliphatic carbocycles. The first-order valence-corrected chi connectivity index (χ1v) is 26.7. The highest BCUT2D eigenvalue weighted by molar-refractivity contribution is 6.29. The Bertz CT molecular complexity index is 4600. The second-order valence-corrected chi connectivity index (χ2v) is 22.4. The summed E-state index contributed by atoms with van der Waals surface area (Å²) < 4.78 is 22.1. The number of hydrogen-bond acceptors (Lipinski definition) is 5. The largest absolute Gasteiger partial charge is 0.454 e. The first-order chi connectivity index (χ1) is 37.5. The van der Waals surface area contributed by atoms with E-state index in [9.17, 15) is 0 Å². The smallest absolute Gasteiger partial charge is 0.162 e. The van der Waals surface area contributed by atoms with Crippen molar-refractivity contribution < 1.29 is 13.3 Å². The fraction of sp³-hybridized carbons (Fsp3) is 0.111. The lowest BCUT2D eigenvalue weighted by molar-refractivity contribution is 0.572. The molecule has 14 aromatic rings. The molecule has 11 aromatic carbocycles. The minimum Gasteiger partial charge on any atom is -0.454 e. The number of rotatable bonds is 8. The van der Waals surface area contributed by atoms with Crippen LogP contribution in [0.3, 0.4) is 0 Å². The van der Waals surface area contributed by atoms with E-state index < -0.39 is 0 Å². The van der Waals surface area contributed by atoms with Crippen molar-refractivity contribution in [1.29, 1.82) is 0 Å². The predicted molar refractivity (Wildman–Crippen MR) is 323 cm³/mol. The number of para-hydroxylation sites is 5. The van der Waals surface area contributed by atoms with E-state index in [4.69, 9.17) is 13.3 Å². The van der Waals surface area contributed by atoms with E-state index in [0.717, 1.165) is 139 Å². The van der Waals surface area contributed by atoms with Gasteiger partial charge in [0, 0.05) is 60.2 Å². The summed E-state index contributed by atoms with van der Waals surface area (Å²) in [5, 5.41) is 8.28. The van der Waals surface area contributed by atoms with Gasteiger partial charge in [-0.25, -0.2) is 0 Å². The van der Waals surface area contributed by atoms with Gasteiger partial charge in [-0.05, 0) is 75.5 Å². The van der Waals surface area contributed by atoms with Gasteiger partial charge in [-0.1, -0.05) is 230 Å². The molecule has 3 aromatic heterocycles. The summed E-state index contributed by atoms with van der Waals surface area (Å²) in [4.78, 5) is 4.82. The molecule has 0 saturated carbocycles. The Balaban J connectivity index is 1.14. The Kier molecular flexibility index (Phi) is 10.6. The van der Waals surface area contributed by atoms with Crippen molar-refractivity contribution >= 4 is 111 Å². The van der Waals surface area contributed by atoms with Gasteiger partial charge in [-0.3, -0.25) is 0 Å². The maximum atomic E-state index is 7.49. The van der Waals surface area contributed by atoms with Crippen LogP contribution in [-0.2, 0) is 10.8 Å². The van der Waals surface area contributed by atoms with Gasteiger partial charge in [0.05, 0.1) is 28.1 Å². The molecule has 14 rings (SSSR count). The van der Waals surface area contributed by atoms with Gasteiger partial charge in [-0.15, -0.1) is 0 Å². The van der Waals surface area contributed by atoms with Crippen molar-refractivity contribution in [1.82, 2.24) is 0 Å². The fourth-order valence-electron chi connectivity index (χ4n) is 11.9. The maximum absolute atomic E-state index is 7.49. The number of anilines is 6. The highest BCUT2D eigenvalue weighted by Gasteiger charge is 2.33. The van der Waals surface area contributed by atoms with Crippen molar-refractivity contribution in [2.24, 2.45) is 0 Å². The van der Waals surface area contributed by atoms with Crippen LogP contribution in [0.4, 0.5) is 34.1 Å². The molecular formula is C72H56N2O3. The summed E-state index contributed by atoms with van der Waals surface area (Å²) in [5.74, 6) is 0. The molecule has 0 N–H and O–H groups in total. The standard InChI is InChI=1S/C72H56N2O3/c1-71(2,3)58-38-19-34-53-55-36-21-40-60(68(55)76-66(53)58)73(49-29-17-27-47(43-49)45-23-9-7-10-24-45)64-51-31-13-14-32-52(51)65(70-63(64)57-33-15-16-42-62(57)75-70)74(50-30-18-28-48(44-50)46-25-11-8-12-26-46)61-41-22-37-56-54-35-20-39-59(72(4,5)6)67(54)77-69(56)61/h7-44H,1-6H3. The molecule has 0 amide bonds. The van der Waals surface area contributed by atoms with Crippen LogP contribution in [0.15, 0.2) is 244 Å².